The molecule has 0 saturated carbocycles. The van der Waals surface area contributed by atoms with E-state index in [1.165, 1.54) is 12.1 Å². The number of carbonyl (C=O) groups is 1. The molecule has 0 amide bonds. The van der Waals surface area contributed by atoms with E-state index >= 15 is 0 Å². The van der Waals surface area contributed by atoms with E-state index in [4.69, 9.17) is 8.61 Å². The first-order chi connectivity index (χ1) is 12.9. The Balaban J connectivity index is 2.24. The van der Waals surface area contributed by atoms with Gasteiger partial charge in [-0.05, 0) is 55.3 Å². The number of carbonyl (C=O) groups excluding carboxylic acids is 1. The first-order valence-corrected chi connectivity index (χ1v) is 13.4. The van der Waals surface area contributed by atoms with Crippen LogP contribution in [0.3, 0.4) is 0 Å². The summed E-state index contributed by atoms with van der Waals surface area (Å²) in [4.78, 5) is 12.7. The first-order valence-electron chi connectivity index (χ1n) is 9.20. The Hall–Kier alpha value is -1.96. The molecular weight excluding hydrogens is 392 g/mol. The zero-order chi connectivity index (χ0) is 21.1. The fourth-order valence-corrected chi connectivity index (χ4v) is 4.12. The summed E-state index contributed by atoms with van der Waals surface area (Å²) in [5, 5.41) is 0. The Labute approximate surface area is 169 Å². The third-order valence-electron chi connectivity index (χ3n) is 4.17. The second-order valence-corrected chi connectivity index (χ2v) is 12.0. The van der Waals surface area contributed by atoms with Gasteiger partial charge in [-0.1, -0.05) is 44.5 Å². The van der Waals surface area contributed by atoms with E-state index in [-0.39, 0.29) is 10.3 Å². The standard InChI is InChI=1S/C21H28O5SSi/c1-15-7-10-17(11-8-15)27(23,24)25-14-19(22)18-12-9-16(21(2,3)4)13-20(18)26-28(5)6/h7-13,28H,14H2,1-6H3. The number of hydrogen-bond acceptors (Lipinski definition) is 5. The maximum absolute atomic E-state index is 12.7. The molecule has 0 heterocycles. The van der Waals surface area contributed by atoms with Crippen LogP contribution in [0, 0.1) is 6.92 Å². The molecule has 0 bridgehead atoms. The van der Waals surface area contributed by atoms with Gasteiger partial charge >= 0.3 is 0 Å². The predicted octanol–water partition coefficient (Wildman–Crippen LogP) is 4.24. The van der Waals surface area contributed by atoms with Gasteiger partial charge in [0, 0.05) is 0 Å². The minimum Gasteiger partial charge on any atom is -0.546 e. The van der Waals surface area contributed by atoms with Crippen molar-refractivity contribution in [2.75, 3.05) is 6.61 Å². The maximum atomic E-state index is 12.7. The van der Waals surface area contributed by atoms with Crippen molar-refractivity contribution in [2.24, 2.45) is 0 Å². The number of hydrogen-bond donors (Lipinski definition) is 0. The van der Waals surface area contributed by atoms with Gasteiger partial charge < -0.3 is 4.43 Å². The molecule has 0 radical (unpaired) electrons. The van der Waals surface area contributed by atoms with Crippen LogP contribution < -0.4 is 4.43 Å². The van der Waals surface area contributed by atoms with Crippen LogP contribution in [0.25, 0.3) is 0 Å². The van der Waals surface area contributed by atoms with Gasteiger partial charge in [0.25, 0.3) is 10.1 Å². The van der Waals surface area contributed by atoms with Crippen molar-refractivity contribution in [3.63, 3.8) is 0 Å². The molecule has 0 fully saturated rings. The predicted molar refractivity (Wildman–Crippen MR) is 113 cm³/mol. The summed E-state index contributed by atoms with van der Waals surface area (Å²) in [6.45, 7) is 11.6. The van der Waals surface area contributed by atoms with Gasteiger partial charge in [0.1, 0.15) is 12.4 Å². The van der Waals surface area contributed by atoms with E-state index in [2.05, 4.69) is 20.8 Å². The fraction of sp³-hybridized carbons (Fsp3) is 0.381. The molecule has 0 aliphatic rings. The van der Waals surface area contributed by atoms with E-state index in [0.29, 0.717) is 11.3 Å². The summed E-state index contributed by atoms with van der Waals surface area (Å²) in [6.07, 6.45) is 0. The normalized spacial score (nSPS) is 12.2. The molecule has 0 atom stereocenters. The average Bonchev–Trinajstić information content (AvgIpc) is 2.59. The minimum absolute atomic E-state index is 0.0278. The molecule has 28 heavy (non-hydrogen) atoms. The van der Waals surface area contributed by atoms with Crippen LogP contribution >= 0.6 is 0 Å². The molecule has 0 spiro atoms. The Kier molecular flexibility index (Phi) is 6.85. The lowest BCUT2D eigenvalue weighted by Crippen LogP contribution is -2.19. The van der Waals surface area contributed by atoms with E-state index in [9.17, 15) is 13.2 Å². The van der Waals surface area contributed by atoms with Gasteiger partial charge in [-0.3, -0.25) is 8.98 Å². The van der Waals surface area contributed by atoms with E-state index in [0.717, 1.165) is 11.1 Å². The molecule has 152 valence electrons. The lowest BCUT2D eigenvalue weighted by molar-refractivity contribution is 0.0923. The van der Waals surface area contributed by atoms with Crippen molar-refractivity contribution in [2.45, 2.75) is 51.1 Å². The fourth-order valence-electron chi connectivity index (χ4n) is 2.55. The summed E-state index contributed by atoms with van der Waals surface area (Å²) in [5.41, 5.74) is 2.23. The van der Waals surface area contributed by atoms with Crippen molar-refractivity contribution in [3.8, 4) is 5.75 Å². The molecule has 0 N–H and O–H groups in total. The van der Waals surface area contributed by atoms with Crippen LogP contribution in [0.5, 0.6) is 5.75 Å². The van der Waals surface area contributed by atoms with Crippen LogP contribution in [-0.4, -0.2) is 29.8 Å². The SMILES string of the molecule is Cc1ccc(S(=O)(=O)OCC(=O)c2ccc(C(C)(C)C)cc2O[SiH](C)C)cc1. The summed E-state index contributed by atoms with van der Waals surface area (Å²) in [6, 6.07) is 11.7. The number of Topliss-reactive ketones (excluding diaryl/α,β-unsaturated/α-hetero) is 1. The molecule has 2 aromatic carbocycles. The van der Waals surface area contributed by atoms with Crippen LogP contribution in [0.4, 0.5) is 0 Å². The van der Waals surface area contributed by atoms with Gasteiger partial charge in [0.2, 0.25) is 9.04 Å². The quantitative estimate of drug-likeness (QED) is 0.381. The van der Waals surface area contributed by atoms with E-state index in [1.807, 2.05) is 32.2 Å². The lowest BCUT2D eigenvalue weighted by Gasteiger charge is -2.22. The van der Waals surface area contributed by atoms with Crippen molar-refractivity contribution < 1.29 is 21.8 Å². The van der Waals surface area contributed by atoms with Gasteiger partial charge in [0.15, 0.2) is 5.78 Å². The van der Waals surface area contributed by atoms with Gasteiger partial charge in [-0.2, -0.15) is 8.42 Å². The second kappa shape index (κ2) is 8.59. The third-order valence-corrected chi connectivity index (χ3v) is 6.17. The molecule has 0 aliphatic heterocycles. The third kappa shape index (κ3) is 5.77. The Morgan fingerprint density at radius 2 is 1.64 bits per heavy atom. The van der Waals surface area contributed by atoms with Crippen LogP contribution in [0.15, 0.2) is 47.4 Å². The molecule has 0 aromatic heterocycles. The van der Waals surface area contributed by atoms with E-state index in [1.54, 1.807) is 18.2 Å². The van der Waals surface area contributed by atoms with Gasteiger partial charge in [0.05, 0.1) is 10.5 Å². The zero-order valence-electron chi connectivity index (χ0n) is 17.3. The topological polar surface area (TPSA) is 69.7 Å². The molecule has 7 heteroatoms. The molecule has 2 aromatic rings. The Bertz CT molecular complexity index is 942. The lowest BCUT2D eigenvalue weighted by atomic mass is 9.86. The van der Waals surface area contributed by atoms with Crippen molar-refractivity contribution in [3.05, 3.63) is 59.2 Å². The van der Waals surface area contributed by atoms with Crippen LogP contribution in [0.2, 0.25) is 13.1 Å². The molecule has 5 nitrogen and oxygen atoms in total. The van der Waals surface area contributed by atoms with Crippen LogP contribution in [-0.2, 0) is 19.7 Å². The number of aryl methyl sites for hydroxylation is 1. The highest BCUT2D eigenvalue weighted by Gasteiger charge is 2.22. The van der Waals surface area contributed by atoms with Gasteiger partial charge in [-0.15, -0.1) is 0 Å². The Morgan fingerprint density at radius 3 is 2.18 bits per heavy atom. The van der Waals surface area contributed by atoms with Crippen molar-refractivity contribution in [1.82, 2.24) is 0 Å². The zero-order valence-corrected chi connectivity index (χ0v) is 19.2. The molecule has 0 aliphatic carbocycles. The highest BCUT2D eigenvalue weighted by molar-refractivity contribution is 7.86. The first kappa shape index (κ1) is 22.3. The van der Waals surface area contributed by atoms with Gasteiger partial charge in [-0.25, -0.2) is 0 Å². The summed E-state index contributed by atoms with van der Waals surface area (Å²) < 4.78 is 35.6. The monoisotopic (exact) mass is 420 g/mol. The highest BCUT2D eigenvalue weighted by Crippen LogP contribution is 2.29. The maximum Gasteiger partial charge on any atom is 0.297 e. The average molecular weight is 421 g/mol. The number of benzene rings is 2. The highest BCUT2D eigenvalue weighted by atomic mass is 32.2. The Morgan fingerprint density at radius 1 is 1.04 bits per heavy atom. The van der Waals surface area contributed by atoms with Crippen molar-refractivity contribution >= 4 is 24.9 Å². The molecule has 0 unspecified atom stereocenters. The number of ketones is 1. The largest absolute Gasteiger partial charge is 0.546 e. The molecule has 0 saturated heterocycles. The summed E-state index contributed by atoms with van der Waals surface area (Å²) >= 11 is 0. The summed E-state index contributed by atoms with van der Waals surface area (Å²) in [7, 11) is -5.46. The minimum atomic E-state index is -4.00. The van der Waals surface area contributed by atoms with Crippen molar-refractivity contribution in [1.29, 1.82) is 0 Å². The van der Waals surface area contributed by atoms with Crippen LogP contribution in [0.1, 0.15) is 42.3 Å². The van der Waals surface area contributed by atoms with E-state index < -0.39 is 31.5 Å². The smallest absolute Gasteiger partial charge is 0.297 e. The molecular formula is C21H28O5SSi. The second-order valence-electron chi connectivity index (χ2n) is 8.08. The number of rotatable bonds is 7. The molecule has 2 rings (SSSR count). The summed E-state index contributed by atoms with van der Waals surface area (Å²) in [5.74, 6) is 0.0659.